The Labute approximate surface area is 66.2 Å². The summed E-state index contributed by atoms with van der Waals surface area (Å²) in [6, 6.07) is 0. The summed E-state index contributed by atoms with van der Waals surface area (Å²) >= 11 is 0. The van der Waals surface area contributed by atoms with Crippen LogP contribution < -0.4 is 0 Å². The molecular formula is C4H10Ca. The molecule has 0 amide bonds. The van der Waals surface area contributed by atoms with E-state index in [-0.39, 0.29) is 40.6 Å². The first-order valence-electron chi connectivity index (χ1n) is 1.49. The molecule has 5 heavy (non-hydrogen) atoms. The largest absolute Gasteiger partial charge is 2.00 e. The van der Waals surface area contributed by atoms with E-state index in [1.807, 2.05) is 26.0 Å². The molecule has 0 aromatic heterocycles. The summed E-state index contributed by atoms with van der Waals surface area (Å²) in [6.45, 7) is 4.00. The van der Waals surface area contributed by atoms with Crippen LogP contribution in [-0.4, -0.2) is 37.7 Å². The summed E-state index contributed by atoms with van der Waals surface area (Å²) in [5, 5.41) is 0. The van der Waals surface area contributed by atoms with Gasteiger partial charge in [0.05, 0.1) is 0 Å². The first-order valence-corrected chi connectivity index (χ1v) is 1.49. The predicted octanol–water partition coefficient (Wildman–Crippen LogP) is 1.43. The molecule has 0 bridgehead atoms. The van der Waals surface area contributed by atoms with Crippen molar-refractivity contribution in [1.29, 1.82) is 0 Å². The van der Waals surface area contributed by atoms with E-state index in [4.69, 9.17) is 0 Å². The van der Waals surface area contributed by atoms with Gasteiger partial charge in [0.2, 0.25) is 0 Å². The number of hydrogen-bond acceptors (Lipinski definition) is 0. The Bertz CT molecular complexity index is 24.9. The fourth-order valence-electron chi connectivity index (χ4n) is 0. The Hall–Kier alpha value is 1.000. The Balaban J connectivity index is -0.0000000150. The van der Waals surface area contributed by atoms with E-state index >= 15 is 0 Å². The Kier molecular flexibility index (Phi) is 16.7. The predicted molar refractivity (Wildman–Crippen MR) is 28.5 cm³/mol. The number of rotatable bonds is 0. The van der Waals surface area contributed by atoms with Gasteiger partial charge in [-0.3, -0.25) is 0 Å². The second-order valence-corrected chi connectivity index (χ2v) is 0.667. The summed E-state index contributed by atoms with van der Waals surface area (Å²) in [5.74, 6) is 0. The quantitative estimate of drug-likeness (QED) is 0.317. The van der Waals surface area contributed by atoms with E-state index in [2.05, 4.69) is 0 Å². The minimum Gasteiger partial charge on any atom is -1.00 e. The third-order valence-corrected chi connectivity index (χ3v) is 0.333. The maximum absolute atomic E-state index is 2.00. The molecule has 0 aliphatic carbocycles. The molecule has 0 fully saturated rings. The summed E-state index contributed by atoms with van der Waals surface area (Å²) in [7, 11) is 0. The smallest absolute Gasteiger partial charge is 1.00 e. The second kappa shape index (κ2) is 8.89. The molecule has 0 aliphatic rings. The zero-order chi connectivity index (χ0) is 3.41. The van der Waals surface area contributed by atoms with Gasteiger partial charge in [0.25, 0.3) is 0 Å². The second-order valence-electron chi connectivity index (χ2n) is 0.667. The molecule has 28 valence electrons. The van der Waals surface area contributed by atoms with Crippen molar-refractivity contribution in [1.82, 2.24) is 0 Å². The van der Waals surface area contributed by atoms with Crippen molar-refractivity contribution in [3.05, 3.63) is 12.2 Å². The average Bonchev–Trinajstić information content (AvgIpc) is 1.37. The van der Waals surface area contributed by atoms with Gasteiger partial charge in [-0.05, 0) is 13.8 Å². The van der Waals surface area contributed by atoms with Gasteiger partial charge in [-0.15, -0.1) is 0 Å². The molecule has 0 atom stereocenters. The third-order valence-electron chi connectivity index (χ3n) is 0.333. The standard InChI is InChI=1S/C4H8.Ca.2H/c1-3-4-2;;;/h3-4H,1-2H3;;;/q;+2;2*-1. The van der Waals surface area contributed by atoms with Crippen LogP contribution in [0.2, 0.25) is 0 Å². The molecule has 0 heterocycles. The van der Waals surface area contributed by atoms with Crippen LogP contribution in [0.5, 0.6) is 0 Å². The molecule has 0 nitrogen and oxygen atoms in total. The van der Waals surface area contributed by atoms with Crippen LogP contribution in [0.1, 0.15) is 16.7 Å². The summed E-state index contributed by atoms with van der Waals surface area (Å²) < 4.78 is 0. The number of allylic oxidation sites excluding steroid dienone is 2. The van der Waals surface area contributed by atoms with Gasteiger partial charge in [-0.25, -0.2) is 0 Å². The summed E-state index contributed by atoms with van der Waals surface area (Å²) in [4.78, 5) is 0. The molecule has 0 spiro atoms. The van der Waals surface area contributed by atoms with E-state index in [0.717, 1.165) is 0 Å². The Morgan fingerprint density at radius 3 is 1.40 bits per heavy atom. The fraction of sp³-hybridized carbons (Fsp3) is 0.500. The zero-order valence-corrected chi connectivity index (χ0v) is 6.07. The maximum atomic E-state index is 2.00. The van der Waals surface area contributed by atoms with E-state index < -0.39 is 0 Å². The van der Waals surface area contributed by atoms with Crippen molar-refractivity contribution in [2.75, 3.05) is 0 Å². The molecule has 0 aliphatic heterocycles. The number of hydrogen-bond donors (Lipinski definition) is 0. The van der Waals surface area contributed by atoms with Crippen LogP contribution in [-0.2, 0) is 0 Å². The molecule has 0 saturated carbocycles. The average molecular weight is 98.2 g/mol. The first-order chi connectivity index (χ1) is 1.91. The third kappa shape index (κ3) is 11.3. The summed E-state index contributed by atoms with van der Waals surface area (Å²) in [6.07, 6.45) is 4.00. The monoisotopic (exact) mass is 98.0 g/mol. The van der Waals surface area contributed by atoms with Crippen molar-refractivity contribution >= 4 is 37.7 Å². The van der Waals surface area contributed by atoms with Gasteiger partial charge >= 0.3 is 37.7 Å². The van der Waals surface area contributed by atoms with Gasteiger partial charge in [0.15, 0.2) is 0 Å². The van der Waals surface area contributed by atoms with Gasteiger partial charge in [-0.1, -0.05) is 12.2 Å². The summed E-state index contributed by atoms with van der Waals surface area (Å²) in [5.41, 5.74) is 0. The van der Waals surface area contributed by atoms with Crippen LogP contribution >= 0.6 is 0 Å². The van der Waals surface area contributed by atoms with Crippen molar-refractivity contribution in [3.8, 4) is 0 Å². The first kappa shape index (κ1) is 9.37. The van der Waals surface area contributed by atoms with Crippen LogP contribution in [0.4, 0.5) is 0 Å². The Morgan fingerprint density at radius 2 is 1.40 bits per heavy atom. The topological polar surface area (TPSA) is 0 Å². The van der Waals surface area contributed by atoms with Crippen molar-refractivity contribution in [2.24, 2.45) is 0 Å². The molecule has 0 rings (SSSR count). The fourth-order valence-corrected chi connectivity index (χ4v) is 0. The van der Waals surface area contributed by atoms with Gasteiger partial charge in [0, 0.05) is 0 Å². The van der Waals surface area contributed by atoms with Crippen LogP contribution in [0.3, 0.4) is 0 Å². The molecule has 0 aromatic rings. The van der Waals surface area contributed by atoms with E-state index in [0.29, 0.717) is 0 Å². The molecule has 0 radical (unpaired) electrons. The van der Waals surface area contributed by atoms with Crippen LogP contribution in [0.25, 0.3) is 0 Å². The maximum Gasteiger partial charge on any atom is 2.00 e. The normalized spacial score (nSPS) is 7.60. The minimum absolute atomic E-state index is 0. The van der Waals surface area contributed by atoms with Crippen molar-refractivity contribution in [2.45, 2.75) is 13.8 Å². The van der Waals surface area contributed by atoms with Crippen molar-refractivity contribution in [3.63, 3.8) is 0 Å². The van der Waals surface area contributed by atoms with Crippen molar-refractivity contribution < 1.29 is 2.85 Å². The van der Waals surface area contributed by atoms with E-state index in [9.17, 15) is 0 Å². The molecule has 0 unspecified atom stereocenters. The minimum atomic E-state index is 0. The molecule has 0 N–H and O–H groups in total. The Morgan fingerprint density at radius 1 is 1.20 bits per heavy atom. The van der Waals surface area contributed by atoms with E-state index in [1.54, 1.807) is 0 Å². The van der Waals surface area contributed by atoms with Crippen LogP contribution in [0, 0.1) is 0 Å². The van der Waals surface area contributed by atoms with E-state index in [1.165, 1.54) is 0 Å². The van der Waals surface area contributed by atoms with Gasteiger partial charge in [0.1, 0.15) is 0 Å². The van der Waals surface area contributed by atoms with Crippen LogP contribution in [0.15, 0.2) is 12.2 Å². The molecule has 0 saturated heterocycles. The molecule has 1 heteroatoms. The molecular weight excluding hydrogens is 88.1 g/mol. The molecule has 0 aromatic carbocycles. The zero-order valence-electron chi connectivity index (χ0n) is 5.86. The SMILES string of the molecule is CC=CC.[Ca+2].[H-].[H-]. The van der Waals surface area contributed by atoms with Gasteiger partial charge in [-0.2, -0.15) is 0 Å². The van der Waals surface area contributed by atoms with Gasteiger partial charge < -0.3 is 2.85 Å².